The highest BCUT2D eigenvalue weighted by molar-refractivity contribution is 6.03. The summed E-state index contributed by atoms with van der Waals surface area (Å²) in [7, 11) is 1.83. The van der Waals surface area contributed by atoms with Crippen LogP contribution in [0.5, 0.6) is 0 Å². The van der Waals surface area contributed by atoms with E-state index in [1.165, 1.54) is 12.1 Å². The van der Waals surface area contributed by atoms with Crippen molar-refractivity contribution in [3.05, 3.63) is 78.7 Å². The van der Waals surface area contributed by atoms with Crippen molar-refractivity contribution in [2.75, 3.05) is 11.9 Å². The van der Waals surface area contributed by atoms with Gasteiger partial charge < -0.3 is 9.47 Å². The van der Waals surface area contributed by atoms with Crippen LogP contribution in [-0.2, 0) is 11.3 Å². The Morgan fingerprint density at radius 2 is 1.81 bits per heavy atom. The van der Waals surface area contributed by atoms with E-state index in [0.29, 0.717) is 6.42 Å². The molecule has 0 unspecified atom stereocenters. The summed E-state index contributed by atoms with van der Waals surface area (Å²) in [6, 6.07) is 20.8. The van der Waals surface area contributed by atoms with Crippen molar-refractivity contribution in [2.45, 2.75) is 19.4 Å². The van der Waals surface area contributed by atoms with Gasteiger partial charge in [0.05, 0.1) is 5.69 Å². The first-order chi connectivity index (χ1) is 13.1. The second kappa shape index (κ2) is 7.23. The number of rotatable bonds is 5. The molecule has 136 valence electrons. The molecule has 0 aliphatic rings. The van der Waals surface area contributed by atoms with Crippen molar-refractivity contribution in [2.24, 2.45) is 0 Å². The molecule has 3 nitrogen and oxygen atoms in total. The van der Waals surface area contributed by atoms with Gasteiger partial charge in [0.1, 0.15) is 5.82 Å². The molecular weight excluding hydrogens is 339 g/mol. The van der Waals surface area contributed by atoms with Crippen molar-refractivity contribution in [1.82, 2.24) is 4.57 Å². The number of aryl methyl sites for hydroxylation is 1. The minimum absolute atomic E-state index is 0.0915. The summed E-state index contributed by atoms with van der Waals surface area (Å²) in [4.78, 5) is 14.4. The van der Waals surface area contributed by atoms with Gasteiger partial charge >= 0.3 is 0 Å². The molecule has 0 N–H and O–H groups in total. The molecule has 1 amide bonds. The van der Waals surface area contributed by atoms with Crippen molar-refractivity contribution in [1.29, 1.82) is 0 Å². The molecule has 0 spiro atoms. The molecule has 0 saturated heterocycles. The zero-order valence-electron chi connectivity index (χ0n) is 15.2. The topological polar surface area (TPSA) is 25.2 Å². The molecule has 4 aromatic rings. The highest BCUT2D eigenvalue weighted by Gasteiger charge is 2.13. The predicted molar refractivity (Wildman–Crippen MR) is 108 cm³/mol. The molecule has 0 aliphatic carbocycles. The number of hydrogen-bond acceptors (Lipinski definition) is 1. The summed E-state index contributed by atoms with van der Waals surface area (Å²) in [6.07, 6.45) is 3.14. The highest BCUT2D eigenvalue weighted by Crippen LogP contribution is 2.26. The third kappa shape index (κ3) is 3.43. The number of hydrogen-bond donors (Lipinski definition) is 0. The Hall–Kier alpha value is -3.14. The lowest BCUT2D eigenvalue weighted by molar-refractivity contribution is -0.118. The number of halogens is 1. The summed E-state index contributed by atoms with van der Waals surface area (Å²) in [5.74, 6) is -0.138. The average molecular weight is 360 g/mol. The van der Waals surface area contributed by atoms with Crippen molar-refractivity contribution < 1.29 is 9.18 Å². The Morgan fingerprint density at radius 1 is 1.00 bits per heavy atom. The molecule has 27 heavy (non-hydrogen) atoms. The van der Waals surface area contributed by atoms with Crippen molar-refractivity contribution in [3.63, 3.8) is 0 Å². The molecular formula is C23H21FN2O. The molecule has 4 heteroatoms. The quantitative estimate of drug-likeness (QED) is 0.469. The highest BCUT2D eigenvalue weighted by atomic mass is 19.1. The molecule has 0 radical (unpaired) electrons. The lowest BCUT2D eigenvalue weighted by Crippen LogP contribution is -2.26. The normalized spacial score (nSPS) is 11.2. The van der Waals surface area contributed by atoms with Crippen LogP contribution in [0.4, 0.5) is 10.1 Å². The van der Waals surface area contributed by atoms with Crippen molar-refractivity contribution >= 4 is 33.3 Å². The summed E-state index contributed by atoms with van der Waals surface area (Å²) in [5, 5.41) is 3.09. The number of aromatic nitrogens is 1. The van der Waals surface area contributed by atoms with Crippen LogP contribution in [0.15, 0.2) is 72.9 Å². The van der Waals surface area contributed by atoms with Gasteiger partial charge in [-0.3, -0.25) is 4.79 Å². The molecule has 0 saturated carbocycles. The number of anilines is 1. The van der Waals surface area contributed by atoms with E-state index in [1.807, 2.05) is 49.6 Å². The minimum atomic E-state index is -0.229. The van der Waals surface area contributed by atoms with Crippen LogP contribution < -0.4 is 4.90 Å². The Bertz CT molecular complexity index is 1110. The van der Waals surface area contributed by atoms with Gasteiger partial charge in [0, 0.05) is 42.5 Å². The van der Waals surface area contributed by atoms with Gasteiger partial charge in [-0.25, -0.2) is 4.39 Å². The summed E-state index contributed by atoms with van der Waals surface area (Å²) >= 11 is 0. The fourth-order valence-corrected chi connectivity index (χ4v) is 3.57. The first kappa shape index (κ1) is 17.3. The maximum absolute atomic E-state index is 13.3. The van der Waals surface area contributed by atoms with E-state index in [1.54, 1.807) is 11.0 Å². The van der Waals surface area contributed by atoms with Crippen LogP contribution >= 0.6 is 0 Å². The SMILES string of the molecule is CN(C(=O)CCCn1ccc2cc(F)ccc21)c1cccc2ccccc12. The van der Waals surface area contributed by atoms with E-state index in [0.717, 1.165) is 40.3 Å². The molecule has 3 aromatic carbocycles. The van der Waals surface area contributed by atoms with Gasteiger partial charge in [0.2, 0.25) is 5.91 Å². The van der Waals surface area contributed by atoms with Crippen LogP contribution in [0.25, 0.3) is 21.7 Å². The van der Waals surface area contributed by atoms with Crippen LogP contribution in [0.3, 0.4) is 0 Å². The van der Waals surface area contributed by atoms with Crippen LogP contribution in [0.1, 0.15) is 12.8 Å². The Morgan fingerprint density at radius 3 is 2.70 bits per heavy atom. The maximum Gasteiger partial charge on any atom is 0.226 e. The third-order valence-corrected chi connectivity index (χ3v) is 5.02. The second-order valence-electron chi connectivity index (χ2n) is 6.77. The minimum Gasteiger partial charge on any atom is -0.347 e. The molecule has 0 fully saturated rings. The number of carbonyl (C=O) groups is 1. The number of amides is 1. The number of carbonyl (C=O) groups excluding carboxylic acids is 1. The van der Waals surface area contributed by atoms with Crippen LogP contribution in [0, 0.1) is 5.82 Å². The van der Waals surface area contributed by atoms with Gasteiger partial charge in [-0.05, 0) is 42.1 Å². The standard InChI is InChI=1S/C23H21FN2O/c1-25(22-9-4-7-17-6-2-3-8-20(17)22)23(27)10-5-14-26-15-13-18-16-19(24)11-12-21(18)26/h2-4,6-9,11-13,15-16H,5,10,14H2,1H3. The zero-order chi connectivity index (χ0) is 18.8. The maximum atomic E-state index is 13.3. The molecule has 0 atom stereocenters. The first-order valence-electron chi connectivity index (χ1n) is 9.12. The van der Waals surface area contributed by atoms with E-state index >= 15 is 0 Å². The number of benzene rings is 3. The van der Waals surface area contributed by atoms with Gasteiger partial charge in [-0.2, -0.15) is 0 Å². The molecule has 1 aromatic heterocycles. The largest absolute Gasteiger partial charge is 0.347 e. The van der Waals surface area contributed by atoms with E-state index in [2.05, 4.69) is 16.7 Å². The average Bonchev–Trinajstić information content (AvgIpc) is 3.09. The van der Waals surface area contributed by atoms with E-state index < -0.39 is 0 Å². The molecule has 0 aliphatic heterocycles. The van der Waals surface area contributed by atoms with Gasteiger partial charge in [0.25, 0.3) is 0 Å². The van der Waals surface area contributed by atoms with Crippen LogP contribution in [-0.4, -0.2) is 17.5 Å². The van der Waals surface area contributed by atoms with E-state index in [9.17, 15) is 9.18 Å². The van der Waals surface area contributed by atoms with E-state index in [4.69, 9.17) is 0 Å². The zero-order valence-corrected chi connectivity index (χ0v) is 15.2. The van der Waals surface area contributed by atoms with Gasteiger partial charge in [0.15, 0.2) is 0 Å². The van der Waals surface area contributed by atoms with E-state index in [-0.39, 0.29) is 11.7 Å². The van der Waals surface area contributed by atoms with Gasteiger partial charge in [-0.1, -0.05) is 36.4 Å². The third-order valence-electron chi connectivity index (χ3n) is 5.02. The fourth-order valence-electron chi connectivity index (χ4n) is 3.57. The lowest BCUT2D eigenvalue weighted by atomic mass is 10.1. The predicted octanol–water partition coefficient (Wildman–Crippen LogP) is 5.38. The fraction of sp³-hybridized carbons (Fsp3) is 0.174. The molecule has 1 heterocycles. The Labute approximate surface area is 157 Å². The van der Waals surface area contributed by atoms with Gasteiger partial charge in [-0.15, -0.1) is 0 Å². The second-order valence-corrected chi connectivity index (χ2v) is 6.77. The smallest absolute Gasteiger partial charge is 0.226 e. The number of fused-ring (bicyclic) bond motifs is 2. The Kier molecular flexibility index (Phi) is 4.63. The molecule has 4 rings (SSSR count). The summed E-state index contributed by atoms with van der Waals surface area (Å²) in [6.45, 7) is 0.726. The van der Waals surface area contributed by atoms with Crippen molar-refractivity contribution in [3.8, 4) is 0 Å². The lowest BCUT2D eigenvalue weighted by Gasteiger charge is -2.19. The first-order valence-corrected chi connectivity index (χ1v) is 9.12. The number of nitrogens with zero attached hydrogens (tertiary/aromatic N) is 2. The Balaban J connectivity index is 1.44. The van der Waals surface area contributed by atoms with Crippen LogP contribution in [0.2, 0.25) is 0 Å². The summed E-state index contributed by atoms with van der Waals surface area (Å²) < 4.78 is 15.4. The molecule has 0 bridgehead atoms. The monoisotopic (exact) mass is 360 g/mol. The summed E-state index contributed by atoms with van der Waals surface area (Å²) in [5.41, 5.74) is 1.92.